The van der Waals surface area contributed by atoms with E-state index in [4.69, 9.17) is 0 Å². The van der Waals surface area contributed by atoms with E-state index in [9.17, 15) is 9.59 Å². The van der Waals surface area contributed by atoms with Crippen molar-refractivity contribution in [3.05, 3.63) is 59.7 Å². The number of carbonyl (C=O) groups is 2. The van der Waals surface area contributed by atoms with Crippen LogP contribution in [0.3, 0.4) is 0 Å². The van der Waals surface area contributed by atoms with Gasteiger partial charge in [0.05, 0.1) is 5.92 Å². The van der Waals surface area contributed by atoms with Gasteiger partial charge in [0.1, 0.15) is 0 Å². The average molecular weight is 349 g/mol. The molecule has 1 atom stereocenters. The van der Waals surface area contributed by atoms with E-state index in [0.29, 0.717) is 12.1 Å². The molecule has 2 N–H and O–H groups in total. The van der Waals surface area contributed by atoms with Crippen molar-refractivity contribution in [1.29, 1.82) is 0 Å². The molecule has 0 radical (unpaired) electrons. The van der Waals surface area contributed by atoms with Crippen molar-refractivity contribution in [2.45, 2.75) is 19.3 Å². The van der Waals surface area contributed by atoms with Crippen molar-refractivity contribution in [2.75, 3.05) is 29.9 Å². The number of nitrogens with one attached hydrogen (secondary N) is 2. The molecule has 0 bridgehead atoms. The summed E-state index contributed by atoms with van der Waals surface area (Å²) >= 11 is 0. The van der Waals surface area contributed by atoms with E-state index in [1.165, 1.54) is 5.56 Å². The van der Waals surface area contributed by atoms with Crippen molar-refractivity contribution < 1.29 is 9.59 Å². The third kappa shape index (κ3) is 3.35. The second-order valence-electron chi connectivity index (χ2n) is 6.95. The average Bonchev–Trinajstić information content (AvgIpc) is 3.13. The van der Waals surface area contributed by atoms with Crippen LogP contribution in [0.2, 0.25) is 0 Å². The molecule has 1 saturated heterocycles. The minimum absolute atomic E-state index is 0.00399. The molecule has 26 heavy (non-hydrogen) atoms. The van der Waals surface area contributed by atoms with Crippen molar-refractivity contribution in [3.63, 3.8) is 0 Å². The smallest absolute Gasteiger partial charge is 0.258 e. The summed E-state index contributed by atoms with van der Waals surface area (Å²) in [6.45, 7) is 2.43. The minimum Gasteiger partial charge on any atom is -0.326 e. The molecule has 4 rings (SSSR count). The van der Waals surface area contributed by atoms with E-state index in [1.807, 2.05) is 35.2 Å². The van der Waals surface area contributed by atoms with E-state index in [-0.39, 0.29) is 17.7 Å². The van der Waals surface area contributed by atoms with Gasteiger partial charge in [0.2, 0.25) is 5.91 Å². The van der Waals surface area contributed by atoms with Crippen molar-refractivity contribution in [1.82, 2.24) is 5.32 Å². The first kappa shape index (κ1) is 16.8. The molecule has 0 aliphatic carbocycles. The molecule has 134 valence electrons. The predicted molar refractivity (Wildman–Crippen MR) is 102 cm³/mol. The maximum atomic E-state index is 12.8. The highest BCUT2D eigenvalue weighted by Crippen LogP contribution is 2.29. The Bertz CT molecular complexity index is 810. The quantitative estimate of drug-likeness (QED) is 0.896. The highest BCUT2D eigenvalue weighted by atomic mass is 16.2. The summed E-state index contributed by atoms with van der Waals surface area (Å²) in [7, 11) is 0. The van der Waals surface area contributed by atoms with E-state index >= 15 is 0 Å². The van der Waals surface area contributed by atoms with Crippen LogP contribution in [0, 0.1) is 5.92 Å². The molecule has 2 amide bonds. The van der Waals surface area contributed by atoms with Crippen LogP contribution in [0.25, 0.3) is 0 Å². The second kappa shape index (κ2) is 7.30. The number of hydrogen-bond donors (Lipinski definition) is 2. The molecular formula is C21H23N3O2. The number of benzene rings is 2. The van der Waals surface area contributed by atoms with E-state index in [2.05, 4.69) is 16.7 Å². The second-order valence-corrected chi connectivity index (χ2v) is 6.95. The van der Waals surface area contributed by atoms with Crippen molar-refractivity contribution in [2.24, 2.45) is 5.92 Å². The monoisotopic (exact) mass is 349 g/mol. The van der Waals surface area contributed by atoms with Crippen LogP contribution in [-0.2, 0) is 11.2 Å². The lowest BCUT2D eigenvalue weighted by molar-refractivity contribution is -0.120. The summed E-state index contributed by atoms with van der Waals surface area (Å²) in [4.78, 5) is 27.0. The maximum absolute atomic E-state index is 12.8. The SMILES string of the molecule is O=C(Nc1ccc(C(=O)N2CCc3ccccc32)cc1)C1CCCNC1. The minimum atomic E-state index is 0.00399. The van der Waals surface area contributed by atoms with E-state index in [1.54, 1.807) is 12.1 Å². The molecule has 2 aliphatic rings. The van der Waals surface area contributed by atoms with Gasteiger partial charge in [-0.2, -0.15) is 0 Å². The summed E-state index contributed by atoms with van der Waals surface area (Å²) in [6, 6.07) is 15.2. The van der Waals surface area contributed by atoms with Crippen LogP contribution in [0.15, 0.2) is 48.5 Å². The van der Waals surface area contributed by atoms with Crippen LogP contribution in [-0.4, -0.2) is 31.4 Å². The number of hydrogen-bond acceptors (Lipinski definition) is 3. The van der Waals surface area contributed by atoms with Crippen molar-refractivity contribution in [3.8, 4) is 0 Å². The Morgan fingerprint density at radius 3 is 2.65 bits per heavy atom. The summed E-state index contributed by atoms with van der Waals surface area (Å²) in [5.74, 6) is 0.0696. The molecule has 0 aromatic heterocycles. The summed E-state index contributed by atoms with van der Waals surface area (Å²) in [5, 5.41) is 6.21. The Hall–Kier alpha value is -2.66. The van der Waals surface area contributed by atoms with Gasteiger partial charge in [0.25, 0.3) is 5.91 Å². The first-order valence-corrected chi connectivity index (χ1v) is 9.24. The van der Waals surface area contributed by atoms with Gasteiger partial charge in [-0.3, -0.25) is 9.59 Å². The first-order valence-electron chi connectivity index (χ1n) is 9.24. The highest BCUT2D eigenvalue weighted by Gasteiger charge is 2.25. The number of para-hydroxylation sites is 1. The number of piperidine rings is 1. The van der Waals surface area contributed by atoms with E-state index < -0.39 is 0 Å². The molecule has 2 aromatic carbocycles. The Morgan fingerprint density at radius 1 is 1.08 bits per heavy atom. The number of amides is 2. The van der Waals surface area contributed by atoms with Gasteiger partial charge in [-0.15, -0.1) is 0 Å². The maximum Gasteiger partial charge on any atom is 0.258 e. The Balaban J connectivity index is 1.43. The molecule has 0 saturated carbocycles. The molecule has 2 heterocycles. The van der Waals surface area contributed by atoms with Gasteiger partial charge in [0, 0.05) is 30.0 Å². The fourth-order valence-corrected chi connectivity index (χ4v) is 3.72. The normalized spacial score (nSPS) is 19.1. The lowest BCUT2D eigenvalue weighted by atomic mass is 9.99. The molecule has 1 unspecified atom stereocenters. The number of anilines is 2. The molecule has 5 heteroatoms. The zero-order chi connectivity index (χ0) is 17.9. The Morgan fingerprint density at radius 2 is 1.88 bits per heavy atom. The summed E-state index contributed by atoms with van der Waals surface area (Å²) in [5.41, 5.74) is 3.59. The van der Waals surface area contributed by atoms with Crippen LogP contribution < -0.4 is 15.5 Å². The van der Waals surface area contributed by atoms with Crippen LogP contribution >= 0.6 is 0 Å². The Kier molecular flexibility index (Phi) is 4.71. The van der Waals surface area contributed by atoms with E-state index in [0.717, 1.165) is 43.7 Å². The highest BCUT2D eigenvalue weighted by molar-refractivity contribution is 6.07. The third-order valence-corrected chi connectivity index (χ3v) is 5.20. The topological polar surface area (TPSA) is 61.4 Å². The van der Waals surface area contributed by atoms with Gasteiger partial charge in [0.15, 0.2) is 0 Å². The molecule has 2 aliphatic heterocycles. The molecular weight excluding hydrogens is 326 g/mol. The van der Waals surface area contributed by atoms with Gasteiger partial charge < -0.3 is 15.5 Å². The Labute approximate surface area is 153 Å². The zero-order valence-electron chi connectivity index (χ0n) is 14.7. The number of carbonyl (C=O) groups excluding carboxylic acids is 2. The van der Waals surface area contributed by atoms with Gasteiger partial charge in [-0.25, -0.2) is 0 Å². The lowest BCUT2D eigenvalue weighted by Crippen LogP contribution is -2.37. The summed E-state index contributed by atoms with van der Waals surface area (Å²) in [6.07, 6.45) is 2.85. The van der Waals surface area contributed by atoms with Gasteiger partial charge in [-0.1, -0.05) is 18.2 Å². The predicted octanol–water partition coefficient (Wildman–Crippen LogP) is 2.83. The van der Waals surface area contributed by atoms with Gasteiger partial charge >= 0.3 is 0 Å². The van der Waals surface area contributed by atoms with Crippen LogP contribution in [0.5, 0.6) is 0 Å². The fraction of sp³-hybridized carbons (Fsp3) is 0.333. The number of fused-ring (bicyclic) bond motifs is 1. The molecule has 2 aromatic rings. The first-order chi connectivity index (χ1) is 12.7. The molecule has 0 spiro atoms. The third-order valence-electron chi connectivity index (χ3n) is 5.20. The van der Waals surface area contributed by atoms with Crippen LogP contribution in [0.4, 0.5) is 11.4 Å². The standard InChI is InChI=1S/C21H23N3O2/c25-20(17-5-3-12-22-14-17)23-18-9-7-16(8-10-18)21(26)24-13-11-15-4-1-2-6-19(15)24/h1-2,4,6-10,17,22H,3,5,11-14H2,(H,23,25). The fourth-order valence-electron chi connectivity index (χ4n) is 3.72. The lowest BCUT2D eigenvalue weighted by Gasteiger charge is -2.22. The largest absolute Gasteiger partial charge is 0.326 e. The number of nitrogens with zero attached hydrogens (tertiary/aromatic N) is 1. The molecule has 1 fully saturated rings. The molecule has 5 nitrogen and oxygen atoms in total. The summed E-state index contributed by atoms with van der Waals surface area (Å²) < 4.78 is 0. The van der Waals surface area contributed by atoms with Crippen molar-refractivity contribution >= 4 is 23.2 Å². The number of rotatable bonds is 3. The zero-order valence-corrected chi connectivity index (χ0v) is 14.7. The van der Waals surface area contributed by atoms with Gasteiger partial charge in [-0.05, 0) is 61.7 Å². The van der Waals surface area contributed by atoms with Crippen LogP contribution in [0.1, 0.15) is 28.8 Å².